The lowest BCUT2D eigenvalue weighted by Crippen LogP contribution is -2.36. The third kappa shape index (κ3) is 4.01. The van der Waals surface area contributed by atoms with Crippen LogP contribution in [0.15, 0.2) is 54.6 Å². The predicted molar refractivity (Wildman–Crippen MR) is 109 cm³/mol. The number of nitrogens with zero attached hydrogens (tertiary/aromatic N) is 1. The Labute approximate surface area is 161 Å². The van der Waals surface area contributed by atoms with E-state index in [9.17, 15) is 4.79 Å². The summed E-state index contributed by atoms with van der Waals surface area (Å²) < 4.78 is 6.01. The Morgan fingerprint density at radius 1 is 1.15 bits per heavy atom. The van der Waals surface area contributed by atoms with Crippen molar-refractivity contribution in [1.82, 2.24) is 0 Å². The standard InChI is InChI=1S/C23H28N2O2/c1-2-25(21-7-4-3-5-8-21)22(26)15-18-9-11-19(12-10-18)24-20-16-23(27-17-20)13-6-14-23/h3-5,7-12,20,24H,2,6,13-17H2,1H3. The molecule has 142 valence electrons. The molecule has 0 radical (unpaired) electrons. The maximum atomic E-state index is 12.7. The van der Waals surface area contributed by atoms with E-state index in [-0.39, 0.29) is 11.5 Å². The van der Waals surface area contributed by atoms with Crippen LogP contribution < -0.4 is 10.2 Å². The number of nitrogens with one attached hydrogen (secondary N) is 1. The lowest BCUT2D eigenvalue weighted by atomic mass is 9.77. The average Bonchev–Trinajstić information content (AvgIpc) is 3.10. The minimum Gasteiger partial charge on any atom is -0.380 e. The highest BCUT2D eigenvalue weighted by atomic mass is 16.5. The second-order valence-electron chi connectivity index (χ2n) is 7.74. The van der Waals surface area contributed by atoms with Crippen molar-refractivity contribution in [3.8, 4) is 0 Å². The summed E-state index contributed by atoms with van der Waals surface area (Å²) in [5.74, 6) is 0.125. The van der Waals surface area contributed by atoms with Crippen LogP contribution in [0.3, 0.4) is 0 Å². The summed E-state index contributed by atoms with van der Waals surface area (Å²) in [7, 11) is 0. The summed E-state index contributed by atoms with van der Waals surface area (Å²) in [6.45, 7) is 3.48. The van der Waals surface area contributed by atoms with Crippen LogP contribution in [0.25, 0.3) is 0 Å². The molecule has 4 heteroatoms. The molecular formula is C23H28N2O2. The van der Waals surface area contributed by atoms with Gasteiger partial charge in [-0.05, 0) is 62.4 Å². The van der Waals surface area contributed by atoms with Crippen LogP contribution in [0.1, 0.15) is 38.2 Å². The van der Waals surface area contributed by atoms with Gasteiger partial charge < -0.3 is 15.0 Å². The quantitative estimate of drug-likeness (QED) is 0.826. The van der Waals surface area contributed by atoms with E-state index < -0.39 is 0 Å². The monoisotopic (exact) mass is 364 g/mol. The molecule has 1 saturated heterocycles. The molecule has 1 aliphatic carbocycles. The number of para-hydroxylation sites is 1. The van der Waals surface area contributed by atoms with Crippen LogP contribution >= 0.6 is 0 Å². The largest absolute Gasteiger partial charge is 0.380 e. The van der Waals surface area contributed by atoms with Crippen molar-refractivity contribution in [1.29, 1.82) is 0 Å². The lowest BCUT2D eigenvalue weighted by Gasteiger charge is -2.37. The zero-order valence-corrected chi connectivity index (χ0v) is 16.0. The molecule has 4 nitrogen and oxygen atoms in total. The van der Waals surface area contributed by atoms with E-state index in [0.29, 0.717) is 19.0 Å². The number of rotatable bonds is 6. The number of carbonyl (C=O) groups is 1. The first-order valence-corrected chi connectivity index (χ1v) is 10.0. The Morgan fingerprint density at radius 3 is 2.48 bits per heavy atom. The number of carbonyl (C=O) groups excluding carboxylic acids is 1. The number of hydrogen-bond donors (Lipinski definition) is 1. The van der Waals surface area contributed by atoms with Gasteiger partial charge in [0.2, 0.25) is 5.91 Å². The number of benzene rings is 2. The molecule has 0 bridgehead atoms. The first-order chi connectivity index (χ1) is 13.2. The Kier molecular flexibility index (Phi) is 5.17. The molecule has 1 spiro atoms. The van der Waals surface area contributed by atoms with Crippen molar-refractivity contribution in [3.05, 3.63) is 60.2 Å². The summed E-state index contributed by atoms with van der Waals surface area (Å²) in [4.78, 5) is 14.5. The highest BCUT2D eigenvalue weighted by molar-refractivity contribution is 5.94. The van der Waals surface area contributed by atoms with E-state index in [0.717, 1.165) is 30.0 Å². The SMILES string of the molecule is CCN(C(=O)Cc1ccc(NC2COC3(CCC3)C2)cc1)c1ccccc1. The van der Waals surface area contributed by atoms with Gasteiger partial charge in [-0.1, -0.05) is 30.3 Å². The van der Waals surface area contributed by atoms with Crippen LogP contribution in [0.2, 0.25) is 0 Å². The maximum absolute atomic E-state index is 12.7. The fourth-order valence-corrected chi connectivity index (χ4v) is 4.19. The van der Waals surface area contributed by atoms with Crippen LogP contribution in [0.4, 0.5) is 11.4 Å². The van der Waals surface area contributed by atoms with E-state index in [4.69, 9.17) is 4.74 Å². The molecule has 2 aliphatic rings. The summed E-state index contributed by atoms with van der Waals surface area (Å²) >= 11 is 0. The number of likely N-dealkylation sites (N-methyl/N-ethyl adjacent to an activating group) is 1. The predicted octanol–water partition coefficient (Wildman–Crippen LogP) is 4.41. The van der Waals surface area contributed by atoms with E-state index in [1.807, 2.05) is 54.3 Å². The summed E-state index contributed by atoms with van der Waals surface area (Å²) in [5.41, 5.74) is 3.27. The fraction of sp³-hybridized carbons (Fsp3) is 0.435. The van der Waals surface area contributed by atoms with Gasteiger partial charge in [0.05, 0.1) is 24.7 Å². The molecular weight excluding hydrogens is 336 g/mol. The van der Waals surface area contributed by atoms with Gasteiger partial charge in [0.1, 0.15) is 0 Å². The van der Waals surface area contributed by atoms with Crippen molar-refractivity contribution in [3.63, 3.8) is 0 Å². The van der Waals surface area contributed by atoms with Gasteiger partial charge in [-0.2, -0.15) is 0 Å². The second-order valence-corrected chi connectivity index (χ2v) is 7.74. The van der Waals surface area contributed by atoms with Gasteiger partial charge in [0.15, 0.2) is 0 Å². The molecule has 2 aromatic carbocycles. The summed E-state index contributed by atoms with van der Waals surface area (Å²) in [6, 6.07) is 18.5. The van der Waals surface area contributed by atoms with E-state index in [2.05, 4.69) is 17.4 Å². The van der Waals surface area contributed by atoms with Gasteiger partial charge in [-0.25, -0.2) is 0 Å². The Bertz CT molecular complexity index is 769. The van der Waals surface area contributed by atoms with Crippen LogP contribution in [0.5, 0.6) is 0 Å². The van der Waals surface area contributed by atoms with Gasteiger partial charge in [-0.15, -0.1) is 0 Å². The zero-order chi connectivity index (χ0) is 18.7. The molecule has 1 N–H and O–H groups in total. The molecule has 1 amide bonds. The topological polar surface area (TPSA) is 41.6 Å². The lowest BCUT2D eigenvalue weighted by molar-refractivity contribution is -0.117. The molecule has 1 heterocycles. The van der Waals surface area contributed by atoms with Crippen LogP contribution in [-0.2, 0) is 16.0 Å². The van der Waals surface area contributed by atoms with E-state index in [1.165, 1.54) is 19.3 Å². The maximum Gasteiger partial charge on any atom is 0.231 e. The molecule has 2 aromatic rings. The first-order valence-electron chi connectivity index (χ1n) is 10.0. The number of ether oxygens (including phenoxy) is 1. The Balaban J connectivity index is 1.34. The minimum atomic E-state index is 0.125. The molecule has 2 fully saturated rings. The fourth-order valence-electron chi connectivity index (χ4n) is 4.19. The Hall–Kier alpha value is -2.33. The number of anilines is 2. The summed E-state index contributed by atoms with van der Waals surface area (Å²) in [6.07, 6.45) is 5.24. The van der Waals surface area contributed by atoms with E-state index in [1.54, 1.807) is 0 Å². The van der Waals surface area contributed by atoms with Crippen molar-refractivity contribution in [2.24, 2.45) is 0 Å². The average molecular weight is 364 g/mol. The smallest absolute Gasteiger partial charge is 0.231 e. The third-order valence-corrected chi connectivity index (χ3v) is 5.84. The Morgan fingerprint density at radius 2 is 1.89 bits per heavy atom. The highest BCUT2D eigenvalue weighted by Crippen LogP contribution is 2.43. The normalized spacial score (nSPS) is 20.3. The molecule has 1 unspecified atom stereocenters. The minimum absolute atomic E-state index is 0.125. The van der Waals surface area contributed by atoms with Gasteiger partial charge >= 0.3 is 0 Å². The molecule has 0 aromatic heterocycles. The van der Waals surface area contributed by atoms with Gasteiger partial charge in [0.25, 0.3) is 0 Å². The van der Waals surface area contributed by atoms with Gasteiger partial charge in [0, 0.05) is 17.9 Å². The highest BCUT2D eigenvalue weighted by Gasteiger charge is 2.44. The zero-order valence-electron chi connectivity index (χ0n) is 16.0. The van der Waals surface area contributed by atoms with Gasteiger partial charge in [-0.3, -0.25) is 4.79 Å². The van der Waals surface area contributed by atoms with Crippen molar-refractivity contribution in [2.45, 2.75) is 50.7 Å². The summed E-state index contributed by atoms with van der Waals surface area (Å²) in [5, 5.41) is 3.58. The number of hydrogen-bond acceptors (Lipinski definition) is 3. The number of amides is 1. The molecule has 1 saturated carbocycles. The van der Waals surface area contributed by atoms with Crippen LogP contribution in [-0.4, -0.2) is 30.7 Å². The van der Waals surface area contributed by atoms with Crippen LogP contribution in [0, 0.1) is 0 Å². The molecule has 27 heavy (non-hydrogen) atoms. The van der Waals surface area contributed by atoms with Crippen molar-refractivity contribution < 1.29 is 9.53 Å². The van der Waals surface area contributed by atoms with E-state index >= 15 is 0 Å². The molecule has 1 aliphatic heterocycles. The van der Waals surface area contributed by atoms with Crippen molar-refractivity contribution >= 4 is 17.3 Å². The second kappa shape index (κ2) is 7.73. The molecule has 4 rings (SSSR count). The molecule has 1 atom stereocenters. The first kappa shape index (κ1) is 18.1. The van der Waals surface area contributed by atoms with Crippen molar-refractivity contribution in [2.75, 3.05) is 23.4 Å². The third-order valence-electron chi connectivity index (χ3n) is 5.84.